The molecule has 1 aromatic rings. The van der Waals surface area contributed by atoms with E-state index in [1.54, 1.807) is 0 Å². The van der Waals surface area contributed by atoms with Crippen molar-refractivity contribution in [1.82, 2.24) is 10.2 Å². The standard InChI is InChI=1S/C20H26N2O6/c1-3-13(2)16(21-20(27)28-12-14-8-5-4-6-9-14)18(24)22-11-7-10-15(22)17(23)19(25)26/h4-6,8-9,13,15-16H,3,7,10-12H2,1-2H3,(H,21,27)(H,25,26)/t13-,15?,16-/m0/s1. The minimum atomic E-state index is -1.56. The minimum Gasteiger partial charge on any atom is -0.475 e. The Morgan fingerprint density at radius 1 is 1.25 bits per heavy atom. The van der Waals surface area contributed by atoms with E-state index in [2.05, 4.69) is 5.32 Å². The van der Waals surface area contributed by atoms with Gasteiger partial charge >= 0.3 is 12.1 Å². The number of ketones is 1. The molecule has 2 N–H and O–H groups in total. The van der Waals surface area contributed by atoms with Crippen LogP contribution < -0.4 is 5.32 Å². The number of benzene rings is 1. The third kappa shape index (κ3) is 5.31. The first-order chi connectivity index (χ1) is 13.3. The monoisotopic (exact) mass is 390 g/mol. The van der Waals surface area contributed by atoms with Crippen molar-refractivity contribution in [2.75, 3.05) is 6.54 Å². The number of rotatable bonds is 8. The van der Waals surface area contributed by atoms with Crippen LogP contribution in [-0.2, 0) is 25.7 Å². The SMILES string of the molecule is CC[C@H](C)[C@H](NC(=O)OCc1ccccc1)C(=O)N1CCCC1C(=O)C(=O)O. The van der Waals surface area contributed by atoms with Gasteiger partial charge in [0.25, 0.3) is 5.78 Å². The maximum Gasteiger partial charge on any atom is 0.408 e. The fraction of sp³-hybridized carbons (Fsp3) is 0.500. The summed E-state index contributed by atoms with van der Waals surface area (Å²) in [5, 5.41) is 11.6. The van der Waals surface area contributed by atoms with Crippen LogP contribution in [0.3, 0.4) is 0 Å². The maximum atomic E-state index is 13.0. The Kier molecular flexibility index (Phi) is 7.54. The van der Waals surface area contributed by atoms with Crippen LogP contribution in [0.25, 0.3) is 0 Å². The lowest BCUT2D eigenvalue weighted by Gasteiger charge is -2.30. The van der Waals surface area contributed by atoms with Crippen molar-refractivity contribution < 1.29 is 29.0 Å². The van der Waals surface area contributed by atoms with E-state index < -0.39 is 35.8 Å². The van der Waals surface area contributed by atoms with E-state index in [4.69, 9.17) is 9.84 Å². The highest BCUT2D eigenvalue weighted by molar-refractivity contribution is 6.35. The van der Waals surface area contributed by atoms with Crippen molar-refractivity contribution in [2.45, 2.75) is 51.8 Å². The first kappa shape index (κ1) is 21.4. The van der Waals surface area contributed by atoms with Crippen LogP contribution in [0.1, 0.15) is 38.7 Å². The van der Waals surface area contributed by atoms with Gasteiger partial charge in [-0.1, -0.05) is 50.6 Å². The van der Waals surface area contributed by atoms with Gasteiger partial charge in [-0.05, 0) is 24.3 Å². The number of nitrogens with one attached hydrogen (secondary N) is 1. The summed E-state index contributed by atoms with van der Waals surface area (Å²) in [6.45, 7) is 4.05. The number of likely N-dealkylation sites (tertiary alicyclic amines) is 1. The predicted molar refractivity (Wildman–Crippen MR) is 100 cm³/mol. The highest BCUT2D eigenvalue weighted by Crippen LogP contribution is 2.22. The highest BCUT2D eigenvalue weighted by atomic mass is 16.5. The number of hydrogen-bond donors (Lipinski definition) is 2. The Balaban J connectivity index is 2.05. The van der Waals surface area contributed by atoms with Crippen molar-refractivity contribution in [3.05, 3.63) is 35.9 Å². The molecule has 1 unspecified atom stereocenters. The second kappa shape index (κ2) is 9.87. The average Bonchev–Trinajstić information content (AvgIpc) is 3.19. The van der Waals surface area contributed by atoms with Gasteiger partial charge in [-0.2, -0.15) is 0 Å². The summed E-state index contributed by atoms with van der Waals surface area (Å²) in [6, 6.07) is 7.26. The molecule has 28 heavy (non-hydrogen) atoms. The number of carbonyl (C=O) groups excluding carboxylic acids is 3. The van der Waals surface area contributed by atoms with Crippen molar-refractivity contribution in [2.24, 2.45) is 5.92 Å². The molecule has 1 aromatic carbocycles. The summed E-state index contributed by atoms with van der Waals surface area (Å²) < 4.78 is 5.20. The number of hydrogen-bond acceptors (Lipinski definition) is 5. The molecule has 1 saturated heterocycles. The van der Waals surface area contributed by atoms with Crippen LogP contribution in [-0.4, -0.2) is 52.4 Å². The number of nitrogens with zero attached hydrogens (tertiary/aromatic N) is 1. The number of alkyl carbamates (subject to hydrolysis) is 1. The Hall–Kier alpha value is -2.90. The van der Waals surface area contributed by atoms with Gasteiger partial charge in [0.2, 0.25) is 5.91 Å². The fourth-order valence-corrected chi connectivity index (χ4v) is 3.20. The first-order valence-electron chi connectivity index (χ1n) is 9.40. The van der Waals surface area contributed by atoms with Crippen molar-refractivity contribution >= 4 is 23.8 Å². The second-order valence-electron chi connectivity index (χ2n) is 6.93. The van der Waals surface area contributed by atoms with Gasteiger partial charge in [0.1, 0.15) is 18.7 Å². The number of carbonyl (C=O) groups is 4. The average molecular weight is 390 g/mol. The highest BCUT2D eigenvalue weighted by Gasteiger charge is 2.41. The Bertz CT molecular complexity index is 721. The molecule has 0 saturated carbocycles. The van der Waals surface area contributed by atoms with Gasteiger partial charge in [0.15, 0.2) is 0 Å². The van der Waals surface area contributed by atoms with Gasteiger partial charge in [-0.3, -0.25) is 9.59 Å². The van der Waals surface area contributed by atoms with Crippen molar-refractivity contribution in [3.8, 4) is 0 Å². The third-order valence-electron chi connectivity index (χ3n) is 5.01. The first-order valence-corrected chi connectivity index (χ1v) is 9.40. The lowest BCUT2D eigenvalue weighted by Crippen LogP contribution is -2.54. The van der Waals surface area contributed by atoms with Crippen LogP contribution in [0.2, 0.25) is 0 Å². The molecule has 8 heteroatoms. The number of carboxylic acids is 1. The number of aliphatic carboxylic acids is 1. The van der Waals surface area contributed by atoms with Crippen LogP contribution in [0, 0.1) is 5.92 Å². The molecule has 1 aliphatic heterocycles. The molecule has 3 atom stereocenters. The molecule has 1 aliphatic rings. The number of carboxylic acid groups (broad SMARTS) is 1. The summed E-state index contributed by atoms with van der Waals surface area (Å²) in [6.07, 6.45) is 0.729. The second-order valence-corrected chi connectivity index (χ2v) is 6.93. The van der Waals surface area contributed by atoms with E-state index in [0.717, 1.165) is 5.56 Å². The van der Waals surface area contributed by atoms with Crippen LogP contribution in [0.5, 0.6) is 0 Å². The number of amides is 2. The zero-order chi connectivity index (χ0) is 20.7. The van der Waals surface area contributed by atoms with E-state index in [0.29, 0.717) is 19.3 Å². The molecule has 0 aliphatic carbocycles. The molecule has 152 valence electrons. The van der Waals surface area contributed by atoms with Gasteiger partial charge in [0, 0.05) is 6.54 Å². The van der Waals surface area contributed by atoms with Crippen LogP contribution in [0.15, 0.2) is 30.3 Å². The van der Waals surface area contributed by atoms with E-state index in [1.807, 2.05) is 44.2 Å². The Morgan fingerprint density at radius 2 is 1.93 bits per heavy atom. The number of Topliss-reactive ketones (excluding diaryl/α,β-unsaturated/α-hetero) is 1. The lowest BCUT2D eigenvalue weighted by molar-refractivity contribution is -0.153. The Labute approximate surface area is 163 Å². The van der Waals surface area contributed by atoms with E-state index in [9.17, 15) is 19.2 Å². The molecule has 0 bridgehead atoms. The summed E-state index contributed by atoms with van der Waals surface area (Å²) in [7, 11) is 0. The summed E-state index contributed by atoms with van der Waals surface area (Å²) in [4.78, 5) is 49.4. The summed E-state index contributed by atoms with van der Waals surface area (Å²) >= 11 is 0. The van der Waals surface area contributed by atoms with E-state index in [-0.39, 0.29) is 19.1 Å². The van der Waals surface area contributed by atoms with Gasteiger partial charge in [-0.15, -0.1) is 0 Å². The zero-order valence-electron chi connectivity index (χ0n) is 16.1. The molecule has 8 nitrogen and oxygen atoms in total. The quantitative estimate of drug-likeness (QED) is 0.656. The van der Waals surface area contributed by atoms with Crippen molar-refractivity contribution in [3.63, 3.8) is 0 Å². The molecule has 1 heterocycles. The summed E-state index contributed by atoms with van der Waals surface area (Å²) in [5.74, 6) is -3.22. The van der Waals surface area contributed by atoms with Gasteiger partial charge in [-0.25, -0.2) is 9.59 Å². The predicted octanol–water partition coefficient (Wildman–Crippen LogP) is 1.97. The molecule has 0 aromatic heterocycles. The largest absolute Gasteiger partial charge is 0.475 e. The molecule has 2 amide bonds. The molecule has 2 rings (SSSR count). The summed E-state index contributed by atoms with van der Waals surface area (Å²) in [5.41, 5.74) is 0.815. The minimum absolute atomic E-state index is 0.0674. The topological polar surface area (TPSA) is 113 Å². The van der Waals surface area contributed by atoms with Crippen LogP contribution >= 0.6 is 0 Å². The zero-order valence-corrected chi connectivity index (χ0v) is 16.1. The van der Waals surface area contributed by atoms with E-state index in [1.165, 1.54) is 4.90 Å². The maximum absolute atomic E-state index is 13.0. The van der Waals surface area contributed by atoms with Crippen LogP contribution in [0.4, 0.5) is 4.79 Å². The molecule has 0 spiro atoms. The van der Waals surface area contributed by atoms with Crippen molar-refractivity contribution in [1.29, 1.82) is 0 Å². The smallest absolute Gasteiger partial charge is 0.408 e. The lowest BCUT2D eigenvalue weighted by atomic mass is 9.97. The third-order valence-corrected chi connectivity index (χ3v) is 5.01. The van der Waals surface area contributed by atoms with Gasteiger partial charge in [0.05, 0.1) is 0 Å². The van der Waals surface area contributed by atoms with Gasteiger partial charge < -0.3 is 20.1 Å². The number of ether oxygens (including phenoxy) is 1. The fourth-order valence-electron chi connectivity index (χ4n) is 3.20. The molecule has 0 radical (unpaired) electrons. The Morgan fingerprint density at radius 3 is 2.54 bits per heavy atom. The van der Waals surface area contributed by atoms with E-state index >= 15 is 0 Å². The molecular weight excluding hydrogens is 364 g/mol. The molecular formula is C20H26N2O6. The normalized spacial score (nSPS) is 18.2. The molecule has 1 fully saturated rings.